The monoisotopic (exact) mass is 424 g/mol. The normalized spacial score (nSPS) is 22.2. The number of benzene rings is 1. The molecule has 0 unspecified atom stereocenters. The van der Waals surface area contributed by atoms with E-state index >= 15 is 0 Å². The van der Waals surface area contributed by atoms with E-state index in [0.717, 1.165) is 42.4 Å². The summed E-state index contributed by atoms with van der Waals surface area (Å²) in [5.74, 6) is 0.371. The number of nitrogens with one attached hydrogen (secondary N) is 2. The van der Waals surface area contributed by atoms with Crippen LogP contribution >= 0.6 is 0 Å². The van der Waals surface area contributed by atoms with E-state index < -0.39 is 9.84 Å². The van der Waals surface area contributed by atoms with Crippen molar-refractivity contribution in [3.63, 3.8) is 0 Å². The van der Waals surface area contributed by atoms with E-state index in [1.165, 1.54) is 0 Å². The summed E-state index contributed by atoms with van der Waals surface area (Å²) in [4.78, 5) is 27.6. The molecular formula is C23H24N2O4S. The standard InChI is InChI=1S/C23H24N2O4S/c26-22-12-5-16(24-22)13-20(21-11-10-19(14-1-2-14)23(27)25-21)15-3-6-17(7-4-15)30(28,29)18-8-9-18/h3-4,6-7,10-11,13-14,16,18H,1-2,5,8-9,12H2,(H,24,26)(H,25,27)/t16-/m1/s1. The molecular weight excluding hydrogens is 400 g/mol. The topological polar surface area (TPSA) is 96.1 Å². The lowest BCUT2D eigenvalue weighted by molar-refractivity contribution is -0.119. The lowest BCUT2D eigenvalue weighted by Crippen LogP contribution is -2.23. The van der Waals surface area contributed by atoms with Crippen molar-refractivity contribution in [3.8, 4) is 0 Å². The van der Waals surface area contributed by atoms with Gasteiger partial charge in [-0.3, -0.25) is 9.59 Å². The van der Waals surface area contributed by atoms with Crippen molar-refractivity contribution >= 4 is 21.3 Å². The first-order valence-electron chi connectivity index (χ1n) is 10.5. The zero-order chi connectivity index (χ0) is 20.9. The van der Waals surface area contributed by atoms with E-state index in [1.807, 2.05) is 18.2 Å². The first kappa shape index (κ1) is 19.3. The summed E-state index contributed by atoms with van der Waals surface area (Å²) in [6.07, 6.45) is 6.69. The minimum Gasteiger partial charge on any atom is -0.350 e. The molecule has 30 heavy (non-hydrogen) atoms. The Labute approximate surface area is 175 Å². The van der Waals surface area contributed by atoms with Crippen LogP contribution in [0.5, 0.6) is 0 Å². The van der Waals surface area contributed by atoms with Crippen LogP contribution in [0.15, 0.2) is 52.2 Å². The van der Waals surface area contributed by atoms with Crippen LogP contribution in [-0.4, -0.2) is 30.6 Å². The van der Waals surface area contributed by atoms with Crippen molar-refractivity contribution in [1.29, 1.82) is 0 Å². The van der Waals surface area contributed by atoms with E-state index in [-0.39, 0.29) is 22.8 Å². The van der Waals surface area contributed by atoms with Crippen LogP contribution in [0, 0.1) is 0 Å². The summed E-state index contributed by atoms with van der Waals surface area (Å²) < 4.78 is 25.0. The summed E-state index contributed by atoms with van der Waals surface area (Å²) >= 11 is 0. The number of amides is 1. The summed E-state index contributed by atoms with van der Waals surface area (Å²) in [6, 6.07) is 10.5. The number of hydrogen-bond acceptors (Lipinski definition) is 4. The van der Waals surface area contributed by atoms with Gasteiger partial charge in [-0.05, 0) is 61.8 Å². The highest BCUT2D eigenvalue weighted by atomic mass is 32.2. The van der Waals surface area contributed by atoms with Crippen molar-refractivity contribution in [2.24, 2.45) is 0 Å². The Kier molecular flexibility index (Phi) is 4.65. The lowest BCUT2D eigenvalue weighted by Gasteiger charge is -2.13. The Morgan fingerprint density at radius 1 is 0.933 bits per heavy atom. The SMILES string of the molecule is O=C1CC[C@H](C=C(c2ccc(S(=O)(=O)C3CC3)cc2)c2ccc(C3CC3)c(=O)[nH]2)N1. The van der Waals surface area contributed by atoms with Gasteiger partial charge in [0.05, 0.1) is 10.1 Å². The maximum Gasteiger partial charge on any atom is 0.251 e. The third-order valence-electron chi connectivity index (χ3n) is 6.10. The van der Waals surface area contributed by atoms with Crippen molar-refractivity contribution < 1.29 is 13.2 Å². The van der Waals surface area contributed by atoms with E-state index in [4.69, 9.17) is 0 Å². The first-order chi connectivity index (χ1) is 14.4. The van der Waals surface area contributed by atoms with E-state index in [1.54, 1.807) is 24.3 Å². The summed E-state index contributed by atoms with van der Waals surface area (Å²) in [7, 11) is -3.25. The Morgan fingerprint density at radius 3 is 2.23 bits per heavy atom. The molecule has 2 heterocycles. The van der Waals surface area contributed by atoms with Crippen LogP contribution in [-0.2, 0) is 14.6 Å². The molecule has 6 nitrogen and oxygen atoms in total. The Hall–Kier alpha value is -2.67. The molecule has 0 spiro atoms. The largest absolute Gasteiger partial charge is 0.350 e. The van der Waals surface area contributed by atoms with Gasteiger partial charge in [0.15, 0.2) is 9.84 Å². The van der Waals surface area contributed by atoms with Gasteiger partial charge in [0.2, 0.25) is 5.91 Å². The smallest absolute Gasteiger partial charge is 0.251 e. The Balaban J connectivity index is 1.53. The molecule has 1 aromatic heterocycles. The summed E-state index contributed by atoms with van der Waals surface area (Å²) in [6.45, 7) is 0. The number of rotatable bonds is 6. The van der Waals surface area contributed by atoms with Gasteiger partial charge >= 0.3 is 0 Å². The fourth-order valence-corrected chi connectivity index (χ4v) is 5.72. The molecule has 156 valence electrons. The zero-order valence-electron chi connectivity index (χ0n) is 16.6. The third kappa shape index (κ3) is 3.74. The molecule has 2 N–H and O–H groups in total. The molecule has 3 aliphatic rings. The van der Waals surface area contributed by atoms with Crippen molar-refractivity contribution in [1.82, 2.24) is 10.3 Å². The highest BCUT2D eigenvalue weighted by molar-refractivity contribution is 7.92. The van der Waals surface area contributed by atoms with E-state index in [9.17, 15) is 18.0 Å². The van der Waals surface area contributed by atoms with Gasteiger partial charge in [-0.15, -0.1) is 0 Å². The van der Waals surface area contributed by atoms with Gasteiger partial charge in [-0.2, -0.15) is 0 Å². The molecule has 3 fully saturated rings. The molecule has 0 radical (unpaired) electrons. The number of sulfone groups is 1. The maximum atomic E-state index is 12.6. The summed E-state index contributed by atoms with van der Waals surface area (Å²) in [5.41, 5.74) is 3.00. The van der Waals surface area contributed by atoms with Gasteiger partial charge < -0.3 is 10.3 Å². The molecule has 2 aliphatic carbocycles. The molecule has 1 aliphatic heterocycles. The molecule has 1 amide bonds. The van der Waals surface area contributed by atoms with E-state index in [2.05, 4.69) is 10.3 Å². The summed E-state index contributed by atoms with van der Waals surface area (Å²) in [5, 5.41) is 2.68. The maximum absolute atomic E-state index is 12.6. The highest BCUT2D eigenvalue weighted by Crippen LogP contribution is 2.38. The zero-order valence-corrected chi connectivity index (χ0v) is 17.4. The van der Waals surface area contributed by atoms with Crippen molar-refractivity contribution in [2.45, 2.75) is 60.6 Å². The highest BCUT2D eigenvalue weighted by Gasteiger charge is 2.36. The number of carbonyl (C=O) groups is 1. The van der Waals surface area contributed by atoms with Gasteiger partial charge in [-0.25, -0.2) is 8.42 Å². The van der Waals surface area contributed by atoms with Crippen LogP contribution in [0.1, 0.15) is 61.3 Å². The average molecular weight is 425 g/mol. The Bertz CT molecular complexity index is 1190. The number of aromatic nitrogens is 1. The second kappa shape index (κ2) is 7.23. The fourth-order valence-electron chi connectivity index (χ4n) is 4.06. The van der Waals surface area contributed by atoms with Crippen LogP contribution in [0.3, 0.4) is 0 Å². The fraction of sp³-hybridized carbons (Fsp3) is 0.391. The van der Waals surface area contributed by atoms with Crippen molar-refractivity contribution in [3.05, 3.63) is 69.6 Å². The molecule has 1 saturated heterocycles. The molecule has 0 bridgehead atoms. The number of carbonyl (C=O) groups excluding carboxylic acids is 1. The number of hydrogen-bond donors (Lipinski definition) is 2. The van der Waals surface area contributed by atoms with Gasteiger partial charge in [-0.1, -0.05) is 24.3 Å². The second-order valence-corrected chi connectivity index (χ2v) is 10.7. The molecule has 2 aromatic rings. The van der Waals surface area contributed by atoms with Crippen LogP contribution in [0.25, 0.3) is 5.57 Å². The van der Waals surface area contributed by atoms with E-state index in [0.29, 0.717) is 29.3 Å². The van der Waals surface area contributed by atoms with Crippen LogP contribution < -0.4 is 10.9 Å². The predicted molar refractivity (Wildman–Crippen MR) is 114 cm³/mol. The molecule has 5 rings (SSSR count). The first-order valence-corrected chi connectivity index (χ1v) is 12.1. The van der Waals surface area contributed by atoms with Crippen LogP contribution in [0.2, 0.25) is 0 Å². The van der Waals surface area contributed by atoms with Gasteiger partial charge in [0.25, 0.3) is 5.56 Å². The average Bonchev–Trinajstić information content (AvgIpc) is 3.64. The molecule has 7 heteroatoms. The lowest BCUT2D eigenvalue weighted by atomic mass is 9.98. The minimum atomic E-state index is -3.25. The Morgan fingerprint density at radius 2 is 1.67 bits per heavy atom. The number of H-pyrrole nitrogens is 1. The van der Waals surface area contributed by atoms with Crippen molar-refractivity contribution in [2.75, 3.05) is 0 Å². The molecule has 2 saturated carbocycles. The third-order valence-corrected chi connectivity index (χ3v) is 8.38. The molecule has 1 aromatic carbocycles. The molecule has 1 atom stereocenters. The predicted octanol–water partition coefficient (Wildman–Crippen LogP) is 2.90. The minimum absolute atomic E-state index is 0.0130. The number of aromatic amines is 1. The quantitative estimate of drug-likeness (QED) is 0.745. The second-order valence-electron chi connectivity index (χ2n) is 8.49. The number of pyridine rings is 1. The van der Waals surface area contributed by atoms with Crippen LogP contribution in [0.4, 0.5) is 0 Å². The van der Waals surface area contributed by atoms with Gasteiger partial charge in [0.1, 0.15) is 0 Å². The van der Waals surface area contributed by atoms with Gasteiger partial charge in [0, 0.05) is 29.3 Å².